The lowest BCUT2D eigenvalue weighted by Gasteiger charge is -2.29. The Bertz CT molecular complexity index is 408. The summed E-state index contributed by atoms with van der Waals surface area (Å²) in [6.45, 7) is 0. The van der Waals surface area contributed by atoms with Gasteiger partial charge in [0.15, 0.2) is 0 Å². The topological polar surface area (TPSA) is 32.3 Å². The molecule has 1 saturated carbocycles. The maximum Gasteiger partial charge on any atom is 0.0541 e. The van der Waals surface area contributed by atoms with E-state index in [1.165, 1.54) is 31.4 Å². The van der Waals surface area contributed by atoms with Crippen LogP contribution in [0.2, 0.25) is 0 Å². The molecule has 1 aromatic rings. The molecular formula is C16H23NO. The number of benzene rings is 1. The number of anilines is 1. The highest BCUT2D eigenvalue weighted by Gasteiger charge is 2.20. The lowest BCUT2D eigenvalue weighted by atomic mass is 9.89. The normalized spacial score (nSPS) is 27.6. The van der Waals surface area contributed by atoms with Gasteiger partial charge in [-0.3, -0.25) is 0 Å². The summed E-state index contributed by atoms with van der Waals surface area (Å²) in [6, 6.07) is 7.26. The monoisotopic (exact) mass is 245 g/mol. The van der Waals surface area contributed by atoms with Gasteiger partial charge in [-0.1, -0.05) is 12.1 Å². The second-order valence-electron chi connectivity index (χ2n) is 5.80. The van der Waals surface area contributed by atoms with Gasteiger partial charge >= 0.3 is 0 Å². The van der Waals surface area contributed by atoms with Crippen LogP contribution in [0.15, 0.2) is 18.2 Å². The molecule has 1 fully saturated rings. The van der Waals surface area contributed by atoms with Crippen LogP contribution in [0.1, 0.15) is 49.7 Å². The first-order valence-corrected chi connectivity index (χ1v) is 7.38. The maximum atomic E-state index is 9.56. The number of aliphatic hydroxyl groups is 1. The molecule has 2 aliphatic carbocycles. The number of hydrogen-bond donors (Lipinski definition) is 2. The fourth-order valence-electron chi connectivity index (χ4n) is 3.36. The smallest absolute Gasteiger partial charge is 0.0541 e. The molecule has 2 aliphatic rings. The molecule has 1 aromatic carbocycles. The lowest BCUT2D eigenvalue weighted by Crippen LogP contribution is -2.28. The summed E-state index contributed by atoms with van der Waals surface area (Å²) in [5.74, 6) is 0. The fraction of sp³-hybridized carbons (Fsp3) is 0.625. The van der Waals surface area contributed by atoms with Crippen molar-refractivity contribution in [3.8, 4) is 0 Å². The zero-order valence-electron chi connectivity index (χ0n) is 11.0. The van der Waals surface area contributed by atoms with Gasteiger partial charge in [-0.15, -0.1) is 0 Å². The van der Waals surface area contributed by atoms with E-state index in [0.717, 1.165) is 25.7 Å². The minimum atomic E-state index is -0.0623. The molecule has 0 aromatic heterocycles. The first-order chi connectivity index (χ1) is 8.83. The maximum absolute atomic E-state index is 9.56. The Morgan fingerprint density at radius 3 is 2.61 bits per heavy atom. The fourth-order valence-corrected chi connectivity index (χ4v) is 3.36. The van der Waals surface area contributed by atoms with E-state index >= 15 is 0 Å². The number of aliphatic hydroxyl groups excluding tert-OH is 1. The molecule has 0 bridgehead atoms. The Balaban J connectivity index is 1.72. The van der Waals surface area contributed by atoms with E-state index in [2.05, 4.69) is 23.5 Å². The third kappa shape index (κ3) is 2.54. The molecular weight excluding hydrogens is 222 g/mol. The molecule has 0 unspecified atom stereocenters. The first kappa shape index (κ1) is 12.0. The Morgan fingerprint density at radius 1 is 1.00 bits per heavy atom. The van der Waals surface area contributed by atoms with Crippen molar-refractivity contribution in [3.05, 3.63) is 29.3 Å². The predicted molar refractivity (Wildman–Crippen MR) is 75.0 cm³/mol. The molecule has 18 heavy (non-hydrogen) atoms. The van der Waals surface area contributed by atoms with Crippen molar-refractivity contribution in [1.29, 1.82) is 0 Å². The Kier molecular flexibility index (Phi) is 3.55. The van der Waals surface area contributed by atoms with Crippen LogP contribution >= 0.6 is 0 Å². The molecule has 98 valence electrons. The molecule has 3 rings (SSSR count). The van der Waals surface area contributed by atoms with E-state index in [-0.39, 0.29) is 6.10 Å². The highest BCUT2D eigenvalue weighted by Crippen LogP contribution is 2.30. The Hall–Kier alpha value is -1.02. The SMILES string of the molecule is OC1CCC(Nc2cccc3c2CCCC3)CC1. The average molecular weight is 245 g/mol. The van der Waals surface area contributed by atoms with Crippen LogP contribution in [0.4, 0.5) is 5.69 Å². The van der Waals surface area contributed by atoms with Crippen molar-refractivity contribution in [3.63, 3.8) is 0 Å². The second kappa shape index (κ2) is 5.31. The summed E-state index contributed by atoms with van der Waals surface area (Å²) in [5, 5.41) is 13.3. The van der Waals surface area contributed by atoms with Gasteiger partial charge in [0.05, 0.1) is 6.10 Å². The summed E-state index contributed by atoms with van der Waals surface area (Å²) >= 11 is 0. The van der Waals surface area contributed by atoms with Gasteiger partial charge in [-0.05, 0) is 68.6 Å². The van der Waals surface area contributed by atoms with Crippen molar-refractivity contribution < 1.29 is 5.11 Å². The van der Waals surface area contributed by atoms with Crippen molar-refractivity contribution in [1.82, 2.24) is 0 Å². The zero-order chi connectivity index (χ0) is 12.4. The highest BCUT2D eigenvalue weighted by atomic mass is 16.3. The van der Waals surface area contributed by atoms with Crippen LogP contribution in [0.3, 0.4) is 0 Å². The van der Waals surface area contributed by atoms with E-state index in [0.29, 0.717) is 6.04 Å². The third-order valence-electron chi connectivity index (χ3n) is 4.45. The van der Waals surface area contributed by atoms with E-state index in [4.69, 9.17) is 0 Å². The summed E-state index contributed by atoms with van der Waals surface area (Å²) in [7, 11) is 0. The van der Waals surface area contributed by atoms with Crippen LogP contribution < -0.4 is 5.32 Å². The summed E-state index contributed by atoms with van der Waals surface area (Å²) < 4.78 is 0. The van der Waals surface area contributed by atoms with Gasteiger partial charge in [0, 0.05) is 11.7 Å². The molecule has 2 nitrogen and oxygen atoms in total. The number of rotatable bonds is 2. The molecule has 2 heteroatoms. The van der Waals surface area contributed by atoms with Gasteiger partial charge < -0.3 is 10.4 Å². The van der Waals surface area contributed by atoms with Crippen LogP contribution in [0, 0.1) is 0 Å². The van der Waals surface area contributed by atoms with Crippen LogP contribution in [-0.4, -0.2) is 17.3 Å². The average Bonchev–Trinajstić information content (AvgIpc) is 2.42. The van der Waals surface area contributed by atoms with Gasteiger partial charge in [-0.2, -0.15) is 0 Å². The molecule has 0 atom stereocenters. The van der Waals surface area contributed by atoms with Crippen LogP contribution in [0.5, 0.6) is 0 Å². The lowest BCUT2D eigenvalue weighted by molar-refractivity contribution is 0.126. The van der Waals surface area contributed by atoms with Crippen molar-refractivity contribution in [2.75, 3.05) is 5.32 Å². The Labute approximate surface area is 109 Å². The summed E-state index contributed by atoms with van der Waals surface area (Å²) in [5.41, 5.74) is 4.45. The van der Waals surface area contributed by atoms with Crippen molar-refractivity contribution in [2.24, 2.45) is 0 Å². The number of aryl methyl sites for hydroxylation is 1. The van der Waals surface area contributed by atoms with Crippen LogP contribution in [0.25, 0.3) is 0 Å². The highest BCUT2D eigenvalue weighted by molar-refractivity contribution is 5.56. The third-order valence-corrected chi connectivity index (χ3v) is 4.45. The number of nitrogens with one attached hydrogen (secondary N) is 1. The predicted octanol–water partition coefficient (Wildman–Crippen LogP) is 3.28. The number of fused-ring (bicyclic) bond motifs is 1. The van der Waals surface area contributed by atoms with E-state index in [9.17, 15) is 5.11 Å². The van der Waals surface area contributed by atoms with Crippen LogP contribution in [-0.2, 0) is 12.8 Å². The summed E-state index contributed by atoms with van der Waals surface area (Å²) in [6.07, 6.45) is 9.19. The Morgan fingerprint density at radius 2 is 1.78 bits per heavy atom. The largest absolute Gasteiger partial charge is 0.393 e. The van der Waals surface area contributed by atoms with Crippen molar-refractivity contribution >= 4 is 5.69 Å². The standard InChI is InChI=1S/C16H23NO/c18-14-10-8-13(9-11-14)17-16-7-3-5-12-4-1-2-6-15(12)16/h3,5,7,13-14,17-18H,1-2,4,6,8-11H2. The van der Waals surface area contributed by atoms with E-state index < -0.39 is 0 Å². The van der Waals surface area contributed by atoms with E-state index in [1.54, 1.807) is 11.1 Å². The molecule has 0 aliphatic heterocycles. The second-order valence-corrected chi connectivity index (χ2v) is 5.80. The molecule has 2 N–H and O–H groups in total. The molecule has 0 saturated heterocycles. The summed E-state index contributed by atoms with van der Waals surface area (Å²) in [4.78, 5) is 0. The molecule has 0 amide bonds. The molecule has 0 spiro atoms. The van der Waals surface area contributed by atoms with Gasteiger partial charge in [0.25, 0.3) is 0 Å². The first-order valence-electron chi connectivity index (χ1n) is 7.38. The zero-order valence-corrected chi connectivity index (χ0v) is 11.0. The van der Waals surface area contributed by atoms with Gasteiger partial charge in [0.2, 0.25) is 0 Å². The van der Waals surface area contributed by atoms with E-state index in [1.807, 2.05) is 0 Å². The minimum absolute atomic E-state index is 0.0623. The molecule has 0 heterocycles. The number of hydrogen-bond acceptors (Lipinski definition) is 2. The van der Waals surface area contributed by atoms with Crippen molar-refractivity contribution in [2.45, 2.75) is 63.5 Å². The quantitative estimate of drug-likeness (QED) is 0.838. The van der Waals surface area contributed by atoms with Gasteiger partial charge in [0.1, 0.15) is 0 Å². The van der Waals surface area contributed by atoms with Gasteiger partial charge in [-0.25, -0.2) is 0 Å². The molecule has 0 radical (unpaired) electrons. The minimum Gasteiger partial charge on any atom is -0.393 e.